The lowest BCUT2D eigenvalue weighted by Crippen LogP contribution is -2.41. The van der Waals surface area contributed by atoms with Gasteiger partial charge in [-0.25, -0.2) is 8.42 Å². The third-order valence-electron chi connectivity index (χ3n) is 5.92. The smallest absolute Gasteiger partial charge is 0.259 e. The molecule has 1 saturated heterocycles. The van der Waals surface area contributed by atoms with Gasteiger partial charge < -0.3 is 15.0 Å². The topological polar surface area (TPSA) is 96.0 Å². The molecule has 0 radical (unpaired) electrons. The number of sulfonamides is 1. The summed E-state index contributed by atoms with van der Waals surface area (Å²) in [5, 5.41) is 2.88. The Morgan fingerprint density at radius 1 is 1.03 bits per heavy atom. The lowest BCUT2D eigenvalue weighted by atomic mass is 9.97. The van der Waals surface area contributed by atoms with Gasteiger partial charge in [0.15, 0.2) is 6.61 Å². The van der Waals surface area contributed by atoms with Crippen molar-refractivity contribution < 1.29 is 22.7 Å². The average Bonchev–Trinajstić information content (AvgIpc) is 2.80. The number of carbonyl (C=O) groups is 2. The number of piperidine rings is 1. The second-order valence-corrected chi connectivity index (χ2v) is 10.5. The van der Waals surface area contributed by atoms with E-state index in [1.165, 1.54) is 9.21 Å². The molecule has 2 aromatic carbocycles. The zero-order chi connectivity index (χ0) is 24.2. The number of benzene rings is 2. The number of anilines is 1. The predicted octanol–water partition coefficient (Wildman–Crippen LogP) is 2.81. The number of nitrogens with zero attached hydrogens (tertiary/aromatic N) is 2. The fourth-order valence-corrected chi connectivity index (χ4v) is 5.09. The van der Waals surface area contributed by atoms with Crippen LogP contribution >= 0.6 is 0 Å². The first kappa shape index (κ1) is 24.7. The van der Waals surface area contributed by atoms with Crippen molar-refractivity contribution in [3.05, 3.63) is 53.6 Å². The predicted molar refractivity (Wildman–Crippen MR) is 127 cm³/mol. The van der Waals surface area contributed by atoms with Gasteiger partial charge in [-0.2, -0.15) is 4.31 Å². The molecule has 0 atom stereocenters. The number of hydrogen-bond donors (Lipinski definition) is 1. The van der Waals surface area contributed by atoms with E-state index in [0.29, 0.717) is 42.3 Å². The lowest BCUT2D eigenvalue weighted by Gasteiger charge is -2.30. The zero-order valence-electron chi connectivity index (χ0n) is 19.5. The maximum absolute atomic E-state index is 13.0. The SMILES string of the molecule is Cc1ccc(S(=O)(=O)N2CCC(C(=O)Nc3ccc(OCC(=O)N(C)C)cc3)CC2)cc1C. The van der Waals surface area contributed by atoms with Crippen LogP contribution in [0.15, 0.2) is 47.4 Å². The third kappa shape index (κ3) is 6.11. The van der Waals surface area contributed by atoms with E-state index in [2.05, 4.69) is 5.32 Å². The van der Waals surface area contributed by atoms with Crippen LogP contribution in [0.5, 0.6) is 5.75 Å². The molecule has 0 unspecified atom stereocenters. The summed E-state index contributed by atoms with van der Waals surface area (Å²) in [6.45, 7) is 4.40. The Bertz CT molecular complexity index is 1110. The Kier molecular flexibility index (Phi) is 7.76. The highest BCUT2D eigenvalue weighted by Crippen LogP contribution is 2.26. The largest absolute Gasteiger partial charge is 0.484 e. The zero-order valence-corrected chi connectivity index (χ0v) is 20.3. The van der Waals surface area contributed by atoms with Crippen LogP contribution in [0.25, 0.3) is 0 Å². The van der Waals surface area contributed by atoms with Gasteiger partial charge in [-0.05, 0) is 74.2 Å². The molecule has 8 nitrogen and oxygen atoms in total. The van der Waals surface area contributed by atoms with Crippen LogP contribution in [-0.2, 0) is 19.6 Å². The standard InChI is InChI=1S/C24H31N3O5S/c1-17-5-10-22(15-18(17)2)33(30,31)27-13-11-19(12-14-27)24(29)25-20-6-8-21(9-7-20)32-16-23(28)26(3)4/h5-10,15,19H,11-14,16H2,1-4H3,(H,25,29). The summed E-state index contributed by atoms with van der Waals surface area (Å²) < 4.78 is 32.8. The minimum absolute atomic E-state index is 0.0532. The number of carbonyl (C=O) groups excluding carboxylic acids is 2. The van der Waals surface area contributed by atoms with Gasteiger partial charge in [0.25, 0.3) is 5.91 Å². The number of amides is 2. The summed E-state index contributed by atoms with van der Waals surface area (Å²) >= 11 is 0. The molecule has 1 aliphatic heterocycles. The van der Waals surface area contributed by atoms with E-state index in [1.807, 2.05) is 19.9 Å². The summed E-state index contributed by atoms with van der Waals surface area (Å²) in [6, 6.07) is 12.0. The van der Waals surface area contributed by atoms with Gasteiger partial charge in [-0.3, -0.25) is 9.59 Å². The van der Waals surface area contributed by atoms with Gasteiger partial charge in [-0.15, -0.1) is 0 Å². The first-order chi connectivity index (χ1) is 15.6. The molecular weight excluding hydrogens is 442 g/mol. The maximum atomic E-state index is 13.0. The fourth-order valence-electron chi connectivity index (χ4n) is 3.53. The highest BCUT2D eigenvalue weighted by molar-refractivity contribution is 7.89. The molecule has 1 fully saturated rings. The number of nitrogens with one attached hydrogen (secondary N) is 1. The van der Waals surface area contributed by atoms with Crippen LogP contribution < -0.4 is 10.1 Å². The van der Waals surface area contributed by atoms with Crippen molar-refractivity contribution in [3.63, 3.8) is 0 Å². The lowest BCUT2D eigenvalue weighted by molar-refractivity contribution is -0.130. The van der Waals surface area contributed by atoms with Crippen LogP contribution in [0.4, 0.5) is 5.69 Å². The van der Waals surface area contributed by atoms with Crippen molar-refractivity contribution in [2.45, 2.75) is 31.6 Å². The first-order valence-electron chi connectivity index (χ1n) is 10.9. The number of likely N-dealkylation sites (N-methyl/N-ethyl adjacent to an activating group) is 1. The van der Waals surface area contributed by atoms with E-state index in [1.54, 1.807) is 50.5 Å². The molecule has 33 heavy (non-hydrogen) atoms. The molecule has 9 heteroatoms. The van der Waals surface area contributed by atoms with Gasteiger partial charge in [-0.1, -0.05) is 6.07 Å². The summed E-state index contributed by atoms with van der Waals surface area (Å²) in [6.07, 6.45) is 0.924. The average molecular weight is 474 g/mol. The second-order valence-electron chi connectivity index (χ2n) is 8.51. The summed E-state index contributed by atoms with van der Waals surface area (Å²) in [5.74, 6) is 0.00540. The van der Waals surface area contributed by atoms with Gasteiger partial charge in [0.05, 0.1) is 4.90 Å². The molecule has 3 rings (SSSR count). The maximum Gasteiger partial charge on any atom is 0.259 e. The number of aryl methyl sites for hydroxylation is 2. The number of rotatable bonds is 7. The van der Waals surface area contributed by atoms with E-state index in [0.717, 1.165) is 11.1 Å². The monoisotopic (exact) mass is 473 g/mol. The Morgan fingerprint density at radius 3 is 2.24 bits per heavy atom. The number of hydrogen-bond acceptors (Lipinski definition) is 5. The molecule has 0 saturated carbocycles. The highest BCUT2D eigenvalue weighted by atomic mass is 32.2. The number of ether oxygens (including phenoxy) is 1. The van der Waals surface area contributed by atoms with E-state index < -0.39 is 10.0 Å². The molecule has 2 aromatic rings. The minimum Gasteiger partial charge on any atom is -0.484 e. The van der Waals surface area contributed by atoms with Crippen molar-refractivity contribution in [2.75, 3.05) is 39.1 Å². The molecule has 0 spiro atoms. The quantitative estimate of drug-likeness (QED) is 0.667. The van der Waals surface area contributed by atoms with Crippen LogP contribution in [0.1, 0.15) is 24.0 Å². The molecular formula is C24H31N3O5S. The molecule has 1 aliphatic rings. The van der Waals surface area contributed by atoms with Crippen molar-refractivity contribution in [2.24, 2.45) is 5.92 Å². The Hall–Kier alpha value is -2.91. The second kappa shape index (κ2) is 10.4. The van der Waals surface area contributed by atoms with Gasteiger partial charge in [0.1, 0.15) is 5.75 Å². The molecule has 0 aliphatic carbocycles. The molecule has 0 aromatic heterocycles. The third-order valence-corrected chi connectivity index (χ3v) is 7.82. The van der Waals surface area contributed by atoms with Gasteiger partial charge >= 0.3 is 0 Å². The fraction of sp³-hybridized carbons (Fsp3) is 0.417. The van der Waals surface area contributed by atoms with E-state index >= 15 is 0 Å². The van der Waals surface area contributed by atoms with Crippen LogP contribution in [0.2, 0.25) is 0 Å². The molecule has 1 N–H and O–H groups in total. The Balaban J connectivity index is 1.53. The highest BCUT2D eigenvalue weighted by Gasteiger charge is 2.32. The van der Waals surface area contributed by atoms with Crippen molar-refractivity contribution in [1.82, 2.24) is 9.21 Å². The summed E-state index contributed by atoms with van der Waals surface area (Å²) in [4.78, 5) is 26.0. The normalized spacial score (nSPS) is 15.2. The first-order valence-corrected chi connectivity index (χ1v) is 12.3. The minimum atomic E-state index is -3.57. The van der Waals surface area contributed by atoms with Crippen molar-refractivity contribution in [3.8, 4) is 5.75 Å². The molecule has 0 bridgehead atoms. The molecule has 178 valence electrons. The Morgan fingerprint density at radius 2 is 1.67 bits per heavy atom. The van der Waals surface area contributed by atoms with Gasteiger partial charge in [0.2, 0.25) is 15.9 Å². The summed E-state index contributed by atoms with van der Waals surface area (Å²) in [5.41, 5.74) is 2.61. The van der Waals surface area contributed by atoms with E-state index in [9.17, 15) is 18.0 Å². The van der Waals surface area contributed by atoms with Crippen LogP contribution in [-0.4, -0.2) is 63.2 Å². The van der Waals surface area contributed by atoms with Crippen LogP contribution in [0, 0.1) is 19.8 Å². The van der Waals surface area contributed by atoms with E-state index in [4.69, 9.17) is 4.74 Å². The molecule has 1 heterocycles. The summed E-state index contributed by atoms with van der Waals surface area (Å²) in [7, 11) is -0.250. The Labute approximate surface area is 195 Å². The van der Waals surface area contributed by atoms with Gasteiger partial charge in [0, 0.05) is 38.8 Å². The van der Waals surface area contributed by atoms with E-state index in [-0.39, 0.29) is 24.3 Å². The van der Waals surface area contributed by atoms with Crippen LogP contribution in [0.3, 0.4) is 0 Å². The molecule has 2 amide bonds. The van der Waals surface area contributed by atoms with Crippen molar-refractivity contribution >= 4 is 27.5 Å². The van der Waals surface area contributed by atoms with Crippen molar-refractivity contribution in [1.29, 1.82) is 0 Å².